The number of halogens is 1. The third-order valence-electron chi connectivity index (χ3n) is 4.56. The van der Waals surface area contributed by atoms with Crippen molar-refractivity contribution < 1.29 is 22.0 Å². The van der Waals surface area contributed by atoms with Gasteiger partial charge in [0.25, 0.3) is 15.9 Å². The summed E-state index contributed by atoms with van der Waals surface area (Å²) in [4.78, 5) is 14.3. The monoisotopic (exact) mass is 400 g/mol. The minimum atomic E-state index is -3.88. The molecule has 0 unspecified atom stereocenters. The Morgan fingerprint density at radius 1 is 1.11 bits per heavy atom. The summed E-state index contributed by atoms with van der Waals surface area (Å²) in [6.45, 7) is 0.515. The Bertz CT molecular complexity index is 1110. The van der Waals surface area contributed by atoms with Crippen LogP contribution in [0, 0.1) is 5.82 Å². The highest BCUT2D eigenvalue weighted by molar-refractivity contribution is 7.92. The Kier molecular flexibility index (Phi) is 4.64. The smallest absolute Gasteiger partial charge is 0.293 e. The van der Waals surface area contributed by atoms with E-state index in [9.17, 15) is 17.6 Å². The molecule has 28 heavy (non-hydrogen) atoms. The minimum absolute atomic E-state index is 0.0462. The van der Waals surface area contributed by atoms with Gasteiger partial charge in [0.1, 0.15) is 5.82 Å². The number of nitrogens with zero attached hydrogens (tertiary/aromatic N) is 1. The van der Waals surface area contributed by atoms with Crippen LogP contribution in [0.3, 0.4) is 0 Å². The Morgan fingerprint density at radius 2 is 1.89 bits per heavy atom. The molecule has 1 aromatic heterocycles. The molecule has 0 bridgehead atoms. The fourth-order valence-corrected chi connectivity index (χ4v) is 4.26. The molecule has 2 heterocycles. The number of amides is 1. The molecule has 1 N–H and O–H groups in total. The van der Waals surface area contributed by atoms with Crippen LogP contribution in [0.5, 0.6) is 0 Å². The summed E-state index contributed by atoms with van der Waals surface area (Å²) in [7, 11) is -3.88. The second kappa shape index (κ2) is 7.12. The number of sulfonamides is 1. The molecule has 8 heteroatoms. The van der Waals surface area contributed by atoms with Crippen LogP contribution in [0.1, 0.15) is 22.5 Å². The average molecular weight is 400 g/mol. The molecule has 0 saturated carbocycles. The summed E-state index contributed by atoms with van der Waals surface area (Å²) in [5, 5.41) is 0. The lowest BCUT2D eigenvalue weighted by molar-refractivity contribution is 0.0958. The van der Waals surface area contributed by atoms with Gasteiger partial charge in [-0.25, -0.2) is 12.8 Å². The van der Waals surface area contributed by atoms with Crippen molar-refractivity contribution in [3.8, 4) is 0 Å². The van der Waals surface area contributed by atoms with Gasteiger partial charge in [0.2, 0.25) is 0 Å². The maximum atomic E-state index is 13.1. The summed E-state index contributed by atoms with van der Waals surface area (Å²) in [5.74, 6) is -0.561. The van der Waals surface area contributed by atoms with E-state index in [1.807, 2.05) is 0 Å². The van der Waals surface area contributed by atoms with Crippen molar-refractivity contribution in [1.29, 1.82) is 0 Å². The second-order valence-electron chi connectivity index (χ2n) is 6.44. The molecule has 0 fully saturated rings. The Labute approximate surface area is 161 Å². The number of rotatable bonds is 4. The largest absolute Gasteiger partial charge is 0.459 e. The van der Waals surface area contributed by atoms with Gasteiger partial charge in [0.05, 0.1) is 16.8 Å². The van der Waals surface area contributed by atoms with Crippen LogP contribution in [-0.2, 0) is 16.4 Å². The Hall–Kier alpha value is -3.13. The molecule has 1 aliphatic rings. The number of anilines is 2. The van der Waals surface area contributed by atoms with Crippen molar-refractivity contribution in [3.63, 3.8) is 0 Å². The maximum absolute atomic E-state index is 13.1. The average Bonchev–Trinajstić information content (AvgIpc) is 3.22. The summed E-state index contributed by atoms with van der Waals surface area (Å²) in [6.07, 6.45) is 3.04. The van der Waals surface area contributed by atoms with Gasteiger partial charge in [-0.2, -0.15) is 0 Å². The number of nitrogens with one attached hydrogen (secondary N) is 1. The highest BCUT2D eigenvalue weighted by Crippen LogP contribution is 2.32. The Balaban J connectivity index is 1.65. The number of furan rings is 1. The predicted octanol–water partition coefficient (Wildman–Crippen LogP) is 3.81. The van der Waals surface area contributed by atoms with Crippen molar-refractivity contribution in [2.45, 2.75) is 17.7 Å². The lowest BCUT2D eigenvalue weighted by Crippen LogP contribution is -2.35. The fraction of sp³-hybridized carbons (Fsp3) is 0.150. The first kappa shape index (κ1) is 18.2. The van der Waals surface area contributed by atoms with Gasteiger partial charge in [-0.1, -0.05) is 6.07 Å². The summed E-state index contributed by atoms with van der Waals surface area (Å²) in [6, 6.07) is 12.9. The van der Waals surface area contributed by atoms with Crippen molar-refractivity contribution in [2.75, 3.05) is 16.2 Å². The van der Waals surface area contributed by atoms with Gasteiger partial charge in [-0.05, 0) is 66.9 Å². The molecule has 1 amide bonds. The van der Waals surface area contributed by atoms with Gasteiger partial charge in [0.15, 0.2) is 5.76 Å². The zero-order chi connectivity index (χ0) is 19.7. The quantitative estimate of drug-likeness (QED) is 0.722. The normalized spacial score (nSPS) is 13.8. The molecule has 0 aliphatic carbocycles. The molecule has 2 aromatic carbocycles. The van der Waals surface area contributed by atoms with Crippen LogP contribution in [0.25, 0.3) is 0 Å². The first-order chi connectivity index (χ1) is 13.4. The molecule has 4 rings (SSSR count). The lowest BCUT2D eigenvalue weighted by atomic mass is 10.0. The molecule has 0 saturated heterocycles. The molecule has 3 aromatic rings. The molecule has 0 radical (unpaired) electrons. The first-order valence-corrected chi connectivity index (χ1v) is 10.2. The van der Waals surface area contributed by atoms with E-state index in [4.69, 9.17) is 4.42 Å². The highest BCUT2D eigenvalue weighted by Gasteiger charge is 2.26. The highest BCUT2D eigenvalue weighted by atomic mass is 32.2. The zero-order valence-electron chi connectivity index (χ0n) is 14.8. The van der Waals surface area contributed by atoms with E-state index < -0.39 is 15.8 Å². The number of carbonyl (C=O) groups excluding carboxylic acids is 1. The summed E-state index contributed by atoms with van der Waals surface area (Å²) in [5.41, 5.74) is 1.92. The molecule has 1 aliphatic heterocycles. The van der Waals surface area contributed by atoms with Gasteiger partial charge >= 0.3 is 0 Å². The van der Waals surface area contributed by atoms with E-state index in [0.29, 0.717) is 17.9 Å². The number of hydrogen-bond acceptors (Lipinski definition) is 4. The van der Waals surface area contributed by atoms with E-state index in [0.717, 1.165) is 30.5 Å². The summed E-state index contributed by atoms with van der Waals surface area (Å²) >= 11 is 0. The topological polar surface area (TPSA) is 79.6 Å². The molecule has 6 nitrogen and oxygen atoms in total. The predicted molar refractivity (Wildman–Crippen MR) is 102 cm³/mol. The van der Waals surface area contributed by atoms with Crippen LogP contribution in [0.4, 0.5) is 15.8 Å². The van der Waals surface area contributed by atoms with Crippen LogP contribution < -0.4 is 9.62 Å². The number of aryl methyl sites for hydroxylation is 1. The number of carbonyl (C=O) groups is 1. The van der Waals surface area contributed by atoms with Crippen LogP contribution in [-0.4, -0.2) is 20.9 Å². The van der Waals surface area contributed by atoms with E-state index in [1.54, 1.807) is 35.2 Å². The van der Waals surface area contributed by atoms with Crippen LogP contribution in [0.15, 0.2) is 70.2 Å². The van der Waals surface area contributed by atoms with Crippen molar-refractivity contribution in [3.05, 3.63) is 78.0 Å². The van der Waals surface area contributed by atoms with E-state index >= 15 is 0 Å². The minimum Gasteiger partial charge on any atom is -0.459 e. The lowest BCUT2D eigenvalue weighted by Gasteiger charge is -2.29. The van der Waals surface area contributed by atoms with Gasteiger partial charge in [-0.3, -0.25) is 9.52 Å². The van der Waals surface area contributed by atoms with E-state index in [1.165, 1.54) is 18.4 Å². The third kappa shape index (κ3) is 3.50. The standard InChI is InChI=1S/C20H17FN2O4S/c21-15-6-9-17(10-7-15)28(25,26)22-16-8-5-14-3-1-11-23(18(14)13-16)20(24)19-4-2-12-27-19/h2,4-10,12-13,22H,1,3,11H2. The van der Waals surface area contributed by atoms with Crippen molar-refractivity contribution >= 4 is 27.3 Å². The van der Waals surface area contributed by atoms with Crippen molar-refractivity contribution in [2.24, 2.45) is 0 Å². The van der Waals surface area contributed by atoms with E-state index in [2.05, 4.69) is 4.72 Å². The maximum Gasteiger partial charge on any atom is 0.293 e. The Morgan fingerprint density at radius 3 is 2.61 bits per heavy atom. The molecular weight excluding hydrogens is 383 g/mol. The molecule has 0 spiro atoms. The summed E-state index contributed by atoms with van der Waals surface area (Å²) < 4.78 is 45.9. The number of benzene rings is 2. The number of fused-ring (bicyclic) bond motifs is 1. The first-order valence-electron chi connectivity index (χ1n) is 8.71. The van der Waals surface area contributed by atoms with Crippen LogP contribution >= 0.6 is 0 Å². The number of hydrogen-bond donors (Lipinski definition) is 1. The van der Waals surface area contributed by atoms with Crippen LogP contribution in [0.2, 0.25) is 0 Å². The SMILES string of the molecule is O=C(c1ccco1)N1CCCc2ccc(NS(=O)(=O)c3ccc(F)cc3)cc21. The van der Waals surface area contributed by atoms with E-state index in [-0.39, 0.29) is 16.6 Å². The molecule has 0 atom stereocenters. The van der Waals surface area contributed by atoms with Gasteiger partial charge < -0.3 is 9.32 Å². The molecule has 144 valence electrons. The third-order valence-corrected chi connectivity index (χ3v) is 5.95. The second-order valence-corrected chi connectivity index (χ2v) is 8.12. The fourth-order valence-electron chi connectivity index (χ4n) is 3.21. The van der Waals surface area contributed by atoms with Gasteiger partial charge in [-0.15, -0.1) is 0 Å². The molecular formula is C20H17FN2O4S. The van der Waals surface area contributed by atoms with Crippen molar-refractivity contribution in [1.82, 2.24) is 0 Å². The zero-order valence-corrected chi connectivity index (χ0v) is 15.6. The van der Waals surface area contributed by atoms with Gasteiger partial charge in [0, 0.05) is 12.2 Å².